The summed E-state index contributed by atoms with van der Waals surface area (Å²) >= 11 is 0. The highest BCUT2D eigenvalue weighted by molar-refractivity contribution is 5.68. The summed E-state index contributed by atoms with van der Waals surface area (Å²) in [7, 11) is 1.65. The number of benzene rings is 2. The van der Waals surface area contributed by atoms with E-state index in [1.54, 1.807) is 13.3 Å². The van der Waals surface area contributed by atoms with Crippen molar-refractivity contribution in [1.82, 2.24) is 10.2 Å². The Hall–Kier alpha value is -2.75. The zero-order valence-electron chi connectivity index (χ0n) is 11.7. The van der Waals surface area contributed by atoms with Crippen LogP contribution in [0.4, 0.5) is 0 Å². The third kappa shape index (κ3) is 3.05. The maximum atomic E-state index is 5.94. The maximum Gasteiger partial charge on any atom is 0.129 e. The van der Waals surface area contributed by atoms with E-state index >= 15 is 0 Å². The second-order valence-electron chi connectivity index (χ2n) is 4.60. The van der Waals surface area contributed by atoms with Gasteiger partial charge in [-0.3, -0.25) is 5.10 Å². The number of aromatic nitrogens is 2. The number of aromatic amines is 1. The second-order valence-corrected chi connectivity index (χ2v) is 4.60. The molecule has 0 atom stereocenters. The molecule has 4 nitrogen and oxygen atoms in total. The summed E-state index contributed by atoms with van der Waals surface area (Å²) in [5, 5.41) is 7.04. The van der Waals surface area contributed by atoms with Crippen LogP contribution in [0.3, 0.4) is 0 Å². The number of rotatable bonds is 5. The lowest BCUT2D eigenvalue weighted by atomic mass is 10.1. The molecule has 0 saturated carbocycles. The van der Waals surface area contributed by atoms with Gasteiger partial charge in [-0.05, 0) is 29.8 Å². The number of nitrogens with one attached hydrogen (secondary N) is 1. The molecule has 0 spiro atoms. The van der Waals surface area contributed by atoms with E-state index in [4.69, 9.17) is 9.47 Å². The summed E-state index contributed by atoms with van der Waals surface area (Å²) in [6.45, 7) is 0.518. The average molecular weight is 280 g/mol. The Labute approximate surface area is 123 Å². The van der Waals surface area contributed by atoms with Crippen LogP contribution in [0.5, 0.6) is 11.5 Å². The summed E-state index contributed by atoms with van der Waals surface area (Å²) in [5.74, 6) is 1.56. The van der Waals surface area contributed by atoms with Gasteiger partial charge in [0.25, 0.3) is 0 Å². The van der Waals surface area contributed by atoms with E-state index < -0.39 is 0 Å². The number of H-pyrrole nitrogens is 1. The van der Waals surface area contributed by atoms with Gasteiger partial charge in [-0.15, -0.1) is 0 Å². The molecule has 3 rings (SSSR count). The molecule has 3 aromatic rings. The van der Waals surface area contributed by atoms with Gasteiger partial charge in [0.1, 0.15) is 18.1 Å². The highest BCUT2D eigenvalue weighted by Crippen LogP contribution is 2.32. The van der Waals surface area contributed by atoms with Crippen molar-refractivity contribution in [3.05, 3.63) is 66.4 Å². The van der Waals surface area contributed by atoms with Gasteiger partial charge in [0, 0.05) is 11.8 Å². The summed E-state index contributed by atoms with van der Waals surface area (Å²) < 4.78 is 11.2. The topological polar surface area (TPSA) is 47.1 Å². The Morgan fingerprint density at radius 2 is 1.90 bits per heavy atom. The molecule has 0 amide bonds. The van der Waals surface area contributed by atoms with Gasteiger partial charge >= 0.3 is 0 Å². The van der Waals surface area contributed by atoms with Crippen LogP contribution >= 0.6 is 0 Å². The third-order valence-corrected chi connectivity index (χ3v) is 3.20. The Bertz CT molecular complexity index is 694. The molecule has 0 fully saturated rings. The van der Waals surface area contributed by atoms with E-state index in [1.807, 2.05) is 54.6 Å². The standard InChI is InChI=1S/C17H16N2O2/c1-20-14-7-8-17(15(11-14)16-9-10-18-19-16)21-12-13-5-3-2-4-6-13/h2-11H,12H2,1H3,(H,18,19). The smallest absolute Gasteiger partial charge is 0.129 e. The van der Waals surface area contributed by atoms with Gasteiger partial charge < -0.3 is 9.47 Å². The van der Waals surface area contributed by atoms with Crippen molar-refractivity contribution in [1.29, 1.82) is 0 Å². The summed E-state index contributed by atoms with van der Waals surface area (Å²) in [4.78, 5) is 0. The minimum absolute atomic E-state index is 0.518. The Morgan fingerprint density at radius 3 is 2.62 bits per heavy atom. The highest BCUT2D eigenvalue weighted by Gasteiger charge is 2.10. The van der Waals surface area contributed by atoms with Gasteiger partial charge in [-0.25, -0.2) is 0 Å². The van der Waals surface area contributed by atoms with Gasteiger partial charge in [-0.1, -0.05) is 30.3 Å². The van der Waals surface area contributed by atoms with Gasteiger partial charge in [0.05, 0.1) is 12.8 Å². The number of nitrogens with zero attached hydrogens (tertiary/aromatic N) is 1. The Kier molecular flexibility index (Phi) is 3.87. The molecule has 1 heterocycles. The van der Waals surface area contributed by atoms with Crippen molar-refractivity contribution >= 4 is 0 Å². The summed E-state index contributed by atoms with van der Waals surface area (Å²) in [5.41, 5.74) is 2.87. The maximum absolute atomic E-state index is 5.94. The van der Waals surface area contributed by atoms with Gasteiger partial charge in [0.15, 0.2) is 0 Å². The fraction of sp³-hybridized carbons (Fsp3) is 0.118. The molecule has 0 radical (unpaired) electrons. The summed E-state index contributed by atoms with van der Waals surface area (Å²) in [6.07, 6.45) is 1.79. The fourth-order valence-electron chi connectivity index (χ4n) is 2.11. The molecule has 21 heavy (non-hydrogen) atoms. The largest absolute Gasteiger partial charge is 0.497 e. The molecule has 0 saturated heterocycles. The minimum atomic E-state index is 0.518. The van der Waals surface area contributed by atoms with Gasteiger partial charge in [-0.2, -0.15) is 5.10 Å². The molecule has 106 valence electrons. The van der Waals surface area contributed by atoms with E-state index in [2.05, 4.69) is 10.2 Å². The first-order chi connectivity index (χ1) is 10.4. The zero-order chi connectivity index (χ0) is 14.5. The number of methoxy groups -OCH3 is 1. The van der Waals surface area contributed by atoms with E-state index in [1.165, 1.54) is 0 Å². The SMILES string of the molecule is COc1ccc(OCc2ccccc2)c(-c2cc[nH]n2)c1. The van der Waals surface area contributed by atoms with Crippen LogP contribution in [0.1, 0.15) is 5.56 Å². The molecule has 0 aliphatic rings. The molecule has 0 aliphatic carbocycles. The number of hydrogen-bond acceptors (Lipinski definition) is 3. The average Bonchev–Trinajstić information content (AvgIpc) is 3.08. The fourth-order valence-corrected chi connectivity index (χ4v) is 2.11. The molecule has 0 aliphatic heterocycles. The normalized spacial score (nSPS) is 10.3. The number of ether oxygens (including phenoxy) is 2. The molecular weight excluding hydrogens is 264 g/mol. The van der Waals surface area contributed by atoms with Crippen LogP contribution in [0.15, 0.2) is 60.8 Å². The van der Waals surface area contributed by atoms with Crippen molar-refractivity contribution in [3.63, 3.8) is 0 Å². The lowest BCUT2D eigenvalue weighted by Crippen LogP contribution is -1.97. The van der Waals surface area contributed by atoms with Crippen LogP contribution in [0.25, 0.3) is 11.3 Å². The van der Waals surface area contributed by atoms with Crippen LogP contribution in [0, 0.1) is 0 Å². The first kappa shape index (κ1) is 13.2. The predicted octanol–water partition coefficient (Wildman–Crippen LogP) is 3.66. The van der Waals surface area contributed by atoms with E-state index in [-0.39, 0.29) is 0 Å². The van der Waals surface area contributed by atoms with Crippen molar-refractivity contribution in [2.24, 2.45) is 0 Å². The molecule has 0 bridgehead atoms. The van der Waals surface area contributed by atoms with Crippen LogP contribution in [-0.2, 0) is 6.61 Å². The molecule has 0 unspecified atom stereocenters. The van der Waals surface area contributed by atoms with E-state index in [0.717, 1.165) is 28.3 Å². The lowest BCUT2D eigenvalue weighted by Gasteiger charge is -2.11. The first-order valence-corrected chi connectivity index (χ1v) is 6.72. The van der Waals surface area contributed by atoms with Crippen molar-refractivity contribution in [2.75, 3.05) is 7.11 Å². The first-order valence-electron chi connectivity index (χ1n) is 6.72. The van der Waals surface area contributed by atoms with Crippen LogP contribution in [-0.4, -0.2) is 17.3 Å². The van der Waals surface area contributed by atoms with Crippen LogP contribution < -0.4 is 9.47 Å². The highest BCUT2D eigenvalue weighted by atomic mass is 16.5. The monoisotopic (exact) mass is 280 g/mol. The molecule has 2 aromatic carbocycles. The third-order valence-electron chi connectivity index (χ3n) is 3.20. The van der Waals surface area contributed by atoms with Crippen molar-refractivity contribution in [2.45, 2.75) is 6.61 Å². The lowest BCUT2D eigenvalue weighted by molar-refractivity contribution is 0.306. The minimum Gasteiger partial charge on any atom is -0.497 e. The molecular formula is C17H16N2O2. The van der Waals surface area contributed by atoms with Crippen LogP contribution in [0.2, 0.25) is 0 Å². The molecule has 1 N–H and O–H groups in total. The molecule has 1 aromatic heterocycles. The quantitative estimate of drug-likeness (QED) is 0.775. The van der Waals surface area contributed by atoms with Crippen molar-refractivity contribution in [3.8, 4) is 22.8 Å². The molecule has 4 heteroatoms. The predicted molar refractivity (Wildman–Crippen MR) is 81.3 cm³/mol. The summed E-state index contributed by atoms with van der Waals surface area (Å²) in [6, 6.07) is 17.7. The number of hydrogen-bond donors (Lipinski definition) is 1. The van der Waals surface area contributed by atoms with E-state index in [0.29, 0.717) is 6.61 Å². The zero-order valence-corrected chi connectivity index (χ0v) is 11.7. The van der Waals surface area contributed by atoms with Crippen molar-refractivity contribution < 1.29 is 9.47 Å². The Morgan fingerprint density at radius 1 is 1.05 bits per heavy atom. The second kappa shape index (κ2) is 6.13. The van der Waals surface area contributed by atoms with E-state index in [9.17, 15) is 0 Å². The van der Waals surface area contributed by atoms with Gasteiger partial charge in [0.2, 0.25) is 0 Å². The Balaban J connectivity index is 1.87.